The van der Waals surface area contributed by atoms with Crippen molar-refractivity contribution >= 4 is 48.5 Å². The van der Waals surface area contributed by atoms with Crippen LogP contribution in [0.5, 0.6) is 0 Å². The minimum atomic E-state index is -4.22. The van der Waals surface area contributed by atoms with Crippen LogP contribution >= 0.6 is 15.9 Å². The summed E-state index contributed by atoms with van der Waals surface area (Å²) in [5, 5.41) is 0.875. The van der Waals surface area contributed by atoms with Crippen molar-refractivity contribution in [1.82, 2.24) is 4.57 Å². The van der Waals surface area contributed by atoms with Gasteiger partial charge in [0.15, 0.2) is 0 Å². The van der Waals surface area contributed by atoms with Gasteiger partial charge in [0.2, 0.25) is 0 Å². The third-order valence-electron chi connectivity index (χ3n) is 6.42. The molecule has 0 aliphatic carbocycles. The zero-order valence-corrected chi connectivity index (χ0v) is 22.8. The number of amides is 1. The molecule has 0 aliphatic rings. The third-order valence-corrected chi connectivity index (χ3v) is 8.66. The minimum Gasteiger partial charge on any atom is -0.350 e. The molecule has 0 N–H and O–H groups in total. The number of halogens is 1. The fraction of sp³-hybridized carbons (Fsp3) is 0.100. The Morgan fingerprint density at radius 1 is 0.865 bits per heavy atom. The molecule has 0 radical (unpaired) electrons. The molecule has 0 saturated carbocycles. The predicted molar refractivity (Wildman–Crippen MR) is 151 cm³/mol. The summed E-state index contributed by atoms with van der Waals surface area (Å²) in [4.78, 5) is 14.7. The Kier molecular flexibility index (Phi) is 6.75. The summed E-state index contributed by atoms with van der Waals surface area (Å²) < 4.78 is 31.9. The zero-order chi connectivity index (χ0) is 26.2. The first kappa shape index (κ1) is 25.0. The summed E-state index contributed by atoms with van der Waals surface area (Å²) in [7, 11) is -2.30. The van der Waals surface area contributed by atoms with E-state index in [1.54, 1.807) is 54.6 Å². The molecular weight excluding hydrogens is 548 g/mol. The van der Waals surface area contributed by atoms with Gasteiger partial charge in [-0.2, -0.15) is 0 Å². The number of para-hydroxylation sites is 1. The molecule has 1 heterocycles. The number of benzene rings is 4. The fourth-order valence-electron chi connectivity index (χ4n) is 4.61. The van der Waals surface area contributed by atoms with Crippen molar-refractivity contribution < 1.29 is 13.2 Å². The number of fused-ring (bicyclic) bond motifs is 1. The van der Waals surface area contributed by atoms with Crippen LogP contribution in [-0.4, -0.2) is 18.9 Å². The zero-order valence-electron chi connectivity index (χ0n) is 20.4. The second-order valence-electron chi connectivity index (χ2n) is 8.96. The van der Waals surface area contributed by atoms with Gasteiger partial charge in [-0.05, 0) is 60.5 Å². The van der Waals surface area contributed by atoms with Crippen molar-refractivity contribution in [3.63, 3.8) is 0 Å². The molecule has 5 rings (SSSR count). The Hall–Kier alpha value is -3.68. The quantitative estimate of drug-likeness (QED) is 0.225. The van der Waals surface area contributed by atoms with Gasteiger partial charge < -0.3 is 4.57 Å². The van der Waals surface area contributed by atoms with Crippen molar-refractivity contribution in [3.05, 3.63) is 130 Å². The van der Waals surface area contributed by atoms with Crippen LogP contribution in [0, 0.1) is 6.92 Å². The average molecular weight is 574 g/mol. The molecule has 186 valence electrons. The summed E-state index contributed by atoms with van der Waals surface area (Å²) in [6, 6.07) is 30.3. The van der Waals surface area contributed by atoms with Gasteiger partial charge >= 0.3 is 0 Å². The first-order chi connectivity index (χ1) is 17.8. The Labute approximate surface area is 225 Å². The monoisotopic (exact) mass is 572 g/mol. The predicted octanol–water partition coefficient (Wildman–Crippen LogP) is 6.80. The number of carbonyl (C=O) groups excluding carboxylic acids is 1. The van der Waals surface area contributed by atoms with E-state index < -0.39 is 21.8 Å². The summed E-state index contributed by atoms with van der Waals surface area (Å²) in [6.07, 6.45) is 1.91. The van der Waals surface area contributed by atoms with Crippen LogP contribution in [0.4, 0.5) is 5.69 Å². The van der Waals surface area contributed by atoms with Gasteiger partial charge in [0, 0.05) is 28.6 Å². The van der Waals surface area contributed by atoms with Crippen molar-refractivity contribution in [3.8, 4) is 0 Å². The molecule has 5 nitrogen and oxygen atoms in total. The second-order valence-corrected chi connectivity index (χ2v) is 11.7. The number of hydrogen-bond acceptors (Lipinski definition) is 3. The number of carbonyl (C=O) groups is 1. The van der Waals surface area contributed by atoms with E-state index in [0.29, 0.717) is 5.56 Å². The number of sulfonamides is 1. The van der Waals surface area contributed by atoms with Crippen molar-refractivity contribution in [2.75, 3.05) is 4.31 Å². The van der Waals surface area contributed by atoms with Crippen LogP contribution in [0.25, 0.3) is 10.9 Å². The lowest BCUT2D eigenvalue weighted by Crippen LogP contribution is -2.40. The van der Waals surface area contributed by atoms with Gasteiger partial charge in [-0.3, -0.25) is 4.79 Å². The molecule has 0 fully saturated rings. The number of anilines is 1. The van der Waals surface area contributed by atoms with E-state index >= 15 is 0 Å². The Morgan fingerprint density at radius 3 is 2.14 bits per heavy atom. The van der Waals surface area contributed by atoms with Crippen molar-refractivity contribution in [2.24, 2.45) is 7.05 Å². The highest BCUT2D eigenvalue weighted by atomic mass is 79.9. The van der Waals surface area contributed by atoms with E-state index in [-0.39, 0.29) is 10.6 Å². The van der Waals surface area contributed by atoms with Gasteiger partial charge in [0.05, 0.1) is 16.5 Å². The number of aryl methyl sites for hydroxylation is 2. The average Bonchev–Trinajstić information content (AvgIpc) is 3.20. The standard InChI is InChI=1S/C30H25BrN2O3S/c1-21-13-16-25(17-14-21)37(35,36)33(24-11-7-4-8-12-24)30(34)29(22-9-5-3-6-10-22)27-20-32(2)28-18-15-23(31)19-26(27)28/h3-20,29H,1-2H3. The number of nitrogens with zero attached hydrogens (tertiary/aromatic N) is 2. The Bertz CT molecular complexity index is 1680. The first-order valence-corrected chi connectivity index (χ1v) is 14.0. The van der Waals surface area contributed by atoms with Crippen LogP contribution in [-0.2, 0) is 21.9 Å². The summed E-state index contributed by atoms with van der Waals surface area (Å²) in [5.74, 6) is -1.41. The molecule has 0 saturated heterocycles. The lowest BCUT2D eigenvalue weighted by Gasteiger charge is -2.27. The third kappa shape index (κ3) is 4.72. The molecule has 0 spiro atoms. The molecular formula is C30H25BrN2O3S. The van der Waals surface area contributed by atoms with Crippen LogP contribution in [0.1, 0.15) is 22.6 Å². The fourth-order valence-corrected chi connectivity index (χ4v) is 6.40. The number of hydrogen-bond donors (Lipinski definition) is 0. The van der Waals surface area contributed by atoms with Gasteiger partial charge in [-0.25, -0.2) is 12.7 Å². The molecule has 0 bridgehead atoms. The lowest BCUT2D eigenvalue weighted by atomic mass is 9.90. The maximum Gasteiger partial charge on any atom is 0.270 e. The molecule has 1 aromatic heterocycles. The first-order valence-electron chi connectivity index (χ1n) is 11.8. The van der Waals surface area contributed by atoms with Gasteiger partial charge in [-0.1, -0.05) is 82.2 Å². The summed E-state index contributed by atoms with van der Waals surface area (Å²) in [5.41, 5.74) is 3.60. The second kappa shape index (κ2) is 10.00. The van der Waals surface area contributed by atoms with Crippen molar-refractivity contribution in [2.45, 2.75) is 17.7 Å². The van der Waals surface area contributed by atoms with Gasteiger partial charge in [0.25, 0.3) is 15.9 Å². The SMILES string of the molecule is Cc1ccc(S(=O)(=O)N(C(=O)C(c2ccccc2)c2cn(C)c3ccc(Br)cc23)c2ccccc2)cc1. The normalized spacial score (nSPS) is 12.4. The largest absolute Gasteiger partial charge is 0.350 e. The summed E-state index contributed by atoms with van der Waals surface area (Å²) >= 11 is 3.55. The molecule has 37 heavy (non-hydrogen) atoms. The molecule has 1 atom stereocenters. The number of rotatable bonds is 6. The van der Waals surface area contributed by atoms with E-state index in [1.165, 1.54) is 0 Å². The molecule has 5 aromatic rings. The van der Waals surface area contributed by atoms with Gasteiger partial charge in [0.1, 0.15) is 0 Å². The minimum absolute atomic E-state index is 0.0581. The summed E-state index contributed by atoms with van der Waals surface area (Å²) in [6.45, 7) is 1.89. The van der Waals surface area contributed by atoms with E-state index in [1.807, 2.05) is 73.3 Å². The highest BCUT2D eigenvalue weighted by Gasteiger charge is 2.38. The van der Waals surface area contributed by atoms with E-state index in [4.69, 9.17) is 0 Å². The van der Waals surface area contributed by atoms with Crippen LogP contribution in [0.3, 0.4) is 0 Å². The molecule has 1 unspecified atom stereocenters. The Balaban J connectivity index is 1.76. The van der Waals surface area contributed by atoms with E-state index in [0.717, 1.165) is 30.8 Å². The van der Waals surface area contributed by atoms with Crippen LogP contribution in [0.2, 0.25) is 0 Å². The Morgan fingerprint density at radius 2 is 1.49 bits per heavy atom. The maximum absolute atomic E-state index is 14.6. The molecule has 4 aromatic carbocycles. The lowest BCUT2D eigenvalue weighted by molar-refractivity contribution is -0.118. The molecule has 0 aliphatic heterocycles. The van der Waals surface area contributed by atoms with E-state index in [9.17, 15) is 13.2 Å². The highest BCUT2D eigenvalue weighted by Crippen LogP contribution is 2.37. The number of aromatic nitrogens is 1. The molecule has 1 amide bonds. The van der Waals surface area contributed by atoms with Gasteiger partial charge in [-0.15, -0.1) is 0 Å². The maximum atomic E-state index is 14.6. The topological polar surface area (TPSA) is 59.4 Å². The van der Waals surface area contributed by atoms with Crippen LogP contribution in [0.15, 0.2) is 119 Å². The van der Waals surface area contributed by atoms with E-state index in [2.05, 4.69) is 15.9 Å². The van der Waals surface area contributed by atoms with Crippen LogP contribution < -0.4 is 4.31 Å². The smallest absolute Gasteiger partial charge is 0.270 e. The highest BCUT2D eigenvalue weighted by molar-refractivity contribution is 9.10. The molecule has 7 heteroatoms. The van der Waals surface area contributed by atoms with Crippen molar-refractivity contribution in [1.29, 1.82) is 0 Å².